The van der Waals surface area contributed by atoms with Gasteiger partial charge in [0.15, 0.2) is 0 Å². The molecule has 0 spiro atoms. The van der Waals surface area contributed by atoms with Crippen molar-refractivity contribution in [1.29, 1.82) is 0 Å². The molecule has 0 saturated heterocycles. The molecular weight excluding hydrogens is 679 g/mol. The van der Waals surface area contributed by atoms with Gasteiger partial charge in [0.05, 0.1) is 17.1 Å². The van der Waals surface area contributed by atoms with Crippen molar-refractivity contribution < 1.29 is 0 Å². The zero-order chi connectivity index (χ0) is 37.0. The summed E-state index contributed by atoms with van der Waals surface area (Å²) in [6, 6.07) is 29.6. The normalized spacial score (nSPS) is 26.4. The summed E-state index contributed by atoms with van der Waals surface area (Å²) in [5.41, 5.74) is 14.1. The van der Waals surface area contributed by atoms with E-state index in [-0.39, 0.29) is 6.04 Å². The molecule has 5 aliphatic carbocycles. The first kappa shape index (κ1) is 33.9. The topological polar surface area (TPSA) is 37.1 Å². The summed E-state index contributed by atoms with van der Waals surface area (Å²) in [5, 5.41) is 5.04. The molecule has 7 aliphatic rings. The second-order valence-corrected chi connectivity index (χ2v) is 17.0. The first-order valence-corrected chi connectivity index (χ1v) is 21.3. The van der Waals surface area contributed by atoms with Crippen molar-refractivity contribution in [3.63, 3.8) is 0 Å². The molecule has 0 N–H and O–H groups in total. The number of allylic oxidation sites excluding steroid dienone is 10. The zero-order valence-electron chi connectivity index (χ0n) is 32.2. The monoisotopic (exact) mass is 727 g/mol. The molecule has 2 heterocycles. The number of rotatable bonds is 5. The molecule has 11 rings (SSSR count). The maximum Gasteiger partial charge on any atom is 0.127 e. The Bertz CT molecular complexity index is 2640. The van der Waals surface area contributed by atoms with Crippen LogP contribution in [0.25, 0.3) is 28.5 Å². The summed E-state index contributed by atoms with van der Waals surface area (Å²) in [6.07, 6.45) is 32.6. The first-order chi connectivity index (χ1) is 27.7. The van der Waals surface area contributed by atoms with Crippen LogP contribution in [0.3, 0.4) is 0 Å². The molecule has 0 fully saturated rings. The maximum absolute atomic E-state index is 5.57. The average molecular weight is 728 g/mol. The Hall–Kier alpha value is -5.41. The maximum atomic E-state index is 5.57. The van der Waals surface area contributed by atoms with Crippen molar-refractivity contribution in [2.24, 2.45) is 38.6 Å². The number of benzene rings is 4. The van der Waals surface area contributed by atoms with E-state index < -0.39 is 0 Å². The number of para-hydroxylation sites is 1. The fraction of sp³-hybridized carbons (Fsp3) is 0.302. The standard InChI is InChI=1S/C53H49N3/c1-4-14-42-38(11-1)30-48(46-18-8-6-16-44(42)46)35-23-25-36(26-24-35)51-32-52(49-31-39-12-2-5-15-43(39)45-17-7-9-19-47(45)49)56-53(55-51)37-27-21-34(22-28-37)41-29-40-13-3-10-20-50(40)54-33-41/h3-7,9-10,13-17,19-21,23-26,29-31,37,41,44,46,51H,1-2,8,11-12,18,22,27-28,32-33H2. The summed E-state index contributed by atoms with van der Waals surface area (Å²) in [7, 11) is 0. The van der Waals surface area contributed by atoms with Crippen molar-refractivity contribution in [1.82, 2.24) is 0 Å². The second-order valence-electron chi connectivity index (χ2n) is 17.0. The number of hydrogen-bond donors (Lipinski definition) is 0. The van der Waals surface area contributed by atoms with Gasteiger partial charge < -0.3 is 0 Å². The van der Waals surface area contributed by atoms with Crippen LogP contribution in [0, 0.1) is 23.7 Å². The van der Waals surface area contributed by atoms with Crippen LogP contribution >= 0.6 is 0 Å². The van der Waals surface area contributed by atoms with Crippen LogP contribution in [0.1, 0.15) is 91.6 Å². The lowest BCUT2D eigenvalue weighted by molar-refractivity contribution is 0.487. The van der Waals surface area contributed by atoms with Crippen molar-refractivity contribution in [2.45, 2.75) is 70.3 Å². The first-order valence-electron chi connectivity index (χ1n) is 21.3. The van der Waals surface area contributed by atoms with Crippen LogP contribution < -0.4 is 10.6 Å². The van der Waals surface area contributed by atoms with Gasteiger partial charge in [0.1, 0.15) is 5.84 Å². The summed E-state index contributed by atoms with van der Waals surface area (Å²) >= 11 is 0. The van der Waals surface area contributed by atoms with Gasteiger partial charge in [0.2, 0.25) is 0 Å². The Labute approximate surface area is 330 Å². The van der Waals surface area contributed by atoms with E-state index in [9.17, 15) is 0 Å². The summed E-state index contributed by atoms with van der Waals surface area (Å²) in [5.74, 6) is 2.80. The Balaban J connectivity index is 0.947. The lowest BCUT2D eigenvalue weighted by Gasteiger charge is -2.37. The largest absolute Gasteiger partial charge is 0.284 e. The molecule has 5 unspecified atom stereocenters. The average Bonchev–Trinajstić information content (AvgIpc) is 3.28. The van der Waals surface area contributed by atoms with E-state index in [1.807, 2.05) is 0 Å². The molecule has 0 saturated carbocycles. The SMILES string of the molecule is C1=CC2=C(C=C(c3ccc(C4CC(c5cc6c(c7ccccc57)C=CCC6)=NC(C5CC=C(C6C=c7ccccc7=NC6)CC5)=N4)cc3)C3CCC=CC23)CC1. The van der Waals surface area contributed by atoms with Gasteiger partial charge >= 0.3 is 0 Å². The predicted octanol–water partition coefficient (Wildman–Crippen LogP) is 11.2. The highest BCUT2D eigenvalue weighted by Crippen LogP contribution is 2.48. The molecule has 4 aromatic rings. The van der Waals surface area contributed by atoms with Crippen LogP contribution in [-0.2, 0) is 6.42 Å². The van der Waals surface area contributed by atoms with Crippen molar-refractivity contribution in [2.75, 3.05) is 6.54 Å². The molecule has 2 aliphatic heterocycles. The summed E-state index contributed by atoms with van der Waals surface area (Å²) in [4.78, 5) is 16.1. The van der Waals surface area contributed by atoms with Gasteiger partial charge in [-0.2, -0.15) is 0 Å². The minimum absolute atomic E-state index is 0.0390. The number of aliphatic imine (C=N–C) groups is 2. The molecule has 276 valence electrons. The third kappa shape index (κ3) is 6.08. The Morgan fingerprint density at radius 2 is 1.61 bits per heavy atom. The minimum Gasteiger partial charge on any atom is -0.284 e. The Kier molecular flexibility index (Phi) is 8.63. The predicted molar refractivity (Wildman–Crippen MR) is 233 cm³/mol. The molecule has 3 heteroatoms. The molecule has 3 nitrogen and oxygen atoms in total. The molecule has 0 aromatic heterocycles. The van der Waals surface area contributed by atoms with E-state index in [1.165, 1.54) is 67.1 Å². The van der Waals surface area contributed by atoms with Crippen LogP contribution in [0.15, 0.2) is 153 Å². The van der Waals surface area contributed by atoms with Crippen LogP contribution in [0.4, 0.5) is 0 Å². The van der Waals surface area contributed by atoms with Crippen molar-refractivity contribution >= 4 is 40.0 Å². The van der Waals surface area contributed by atoms with Gasteiger partial charge in [0, 0.05) is 36.3 Å². The molecular formula is C53H49N3. The number of amidine groups is 1. The van der Waals surface area contributed by atoms with Gasteiger partial charge in [-0.25, -0.2) is 4.99 Å². The highest BCUT2D eigenvalue weighted by atomic mass is 15.0. The van der Waals surface area contributed by atoms with Crippen molar-refractivity contribution in [3.8, 4) is 0 Å². The molecule has 5 atom stereocenters. The molecule has 0 bridgehead atoms. The van der Waals surface area contributed by atoms with E-state index in [0.29, 0.717) is 23.7 Å². The van der Waals surface area contributed by atoms with Crippen molar-refractivity contribution in [3.05, 3.63) is 177 Å². The van der Waals surface area contributed by atoms with E-state index in [1.54, 1.807) is 11.1 Å². The number of fused-ring (bicyclic) bond motifs is 6. The Morgan fingerprint density at radius 1 is 0.750 bits per heavy atom. The number of hydrogen-bond acceptors (Lipinski definition) is 3. The third-order valence-corrected chi connectivity index (χ3v) is 13.7. The lowest BCUT2D eigenvalue weighted by Crippen LogP contribution is -2.32. The summed E-state index contributed by atoms with van der Waals surface area (Å²) < 4.78 is 0. The van der Waals surface area contributed by atoms with Gasteiger partial charge in [0.25, 0.3) is 0 Å². The molecule has 0 amide bonds. The van der Waals surface area contributed by atoms with Crippen LogP contribution in [0.5, 0.6) is 0 Å². The van der Waals surface area contributed by atoms with E-state index in [0.717, 1.165) is 75.5 Å². The molecule has 56 heavy (non-hydrogen) atoms. The van der Waals surface area contributed by atoms with Crippen LogP contribution in [-0.4, -0.2) is 18.1 Å². The van der Waals surface area contributed by atoms with Gasteiger partial charge in [-0.15, -0.1) is 0 Å². The fourth-order valence-electron chi connectivity index (χ4n) is 10.8. The Morgan fingerprint density at radius 3 is 2.52 bits per heavy atom. The van der Waals surface area contributed by atoms with Gasteiger partial charge in [-0.3, -0.25) is 9.98 Å². The lowest BCUT2D eigenvalue weighted by atomic mass is 9.67. The minimum atomic E-state index is 0.0390. The van der Waals surface area contributed by atoms with E-state index >= 15 is 0 Å². The fourth-order valence-corrected chi connectivity index (χ4v) is 10.8. The van der Waals surface area contributed by atoms with Gasteiger partial charge in [-0.1, -0.05) is 127 Å². The molecule has 0 radical (unpaired) electrons. The highest BCUT2D eigenvalue weighted by Gasteiger charge is 2.34. The zero-order valence-corrected chi connectivity index (χ0v) is 32.2. The number of nitrogens with zero attached hydrogens (tertiary/aromatic N) is 3. The molecule has 4 aromatic carbocycles. The number of aryl methyl sites for hydroxylation is 1. The smallest absolute Gasteiger partial charge is 0.127 e. The quantitative estimate of drug-likeness (QED) is 0.184. The third-order valence-electron chi connectivity index (χ3n) is 13.7. The van der Waals surface area contributed by atoms with E-state index in [2.05, 4.69) is 134 Å². The summed E-state index contributed by atoms with van der Waals surface area (Å²) in [6.45, 7) is 0.847. The van der Waals surface area contributed by atoms with E-state index in [4.69, 9.17) is 15.0 Å². The highest BCUT2D eigenvalue weighted by molar-refractivity contribution is 6.17. The van der Waals surface area contributed by atoms with Crippen LogP contribution in [0.2, 0.25) is 0 Å². The van der Waals surface area contributed by atoms with Gasteiger partial charge in [-0.05, 0) is 131 Å². The second kappa shape index (κ2) is 14.3.